The molecule has 0 aliphatic carbocycles. The Morgan fingerprint density at radius 2 is 1.71 bits per heavy atom. The SMILES string of the molecule is C=CC=C1/C(=C\C=C(/C)C(C)(C)C)C(C)(c2ccc(NC(=O)OC)cc2)N1C(=O)OC. The first-order valence-electron chi connectivity index (χ1n) is 10.1. The fourth-order valence-electron chi connectivity index (χ4n) is 3.36. The first-order chi connectivity index (χ1) is 14.5. The third-order valence-corrected chi connectivity index (χ3v) is 5.68. The number of likely N-dealkylation sites (tertiary alicyclic amines) is 1. The number of anilines is 1. The van der Waals surface area contributed by atoms with Gasteiger partial charge in [-0.3, -0.25) is 10.2 Å². The molecule has 166 valence electrons. The third-order valence-electron chi connectivity index (χ3n) is 5.68. The maximum absolute atomic E-state index is 12.7. The van der Waals surface area contributed by atoms with Crippen molar-refractivity contribution in [1.82, 2.24) is 4.90 Å². The summed E-state index contributed by atoms with van der Waals surface area (Å²) in [5, 5.41) is 2.63. The van der Waals surface area contributed by atoms with Gasteiger partial charge in [0.1, 0.15) is 5.54 Å². The molecule has 1 saturated heterocycles. The number of methoxy groups -OCH3 is 2. The number of benzene rings is 1. The first kappa shape index (κ1) is 24.0. The number of amides is 2. The van der Waals surface area contributed by atoms with Crippen LogP contribution in [0.15, 0.2) is 72.0 Å². The van der Waals surface area contributed by atoms with Crippen molar-refractivity contribution in [1.29, 1.82) is 0 Å². The second-order valence-corrected chi connectivity index (χ2v) is 8.54. The van der Waals surface area contributed by atoms with E-state index in [9.17, 15) is 9.59 Å². The zero-order chi connectivity index (χ0) is 23.4. The van der Waals surface area contributed by atoms with Gasteiger partial charge in [0.15, 0.2) is 0 Å². The molecule has 1 atom stereocenters. The number of nitrogens with one attached hydrogen (secondary N) is 1. The van der Waals surface area contributed by atoms with Crippen LogP contribution in [-0.2, 0) is 15.0 Å². The van der Waals surface area contributed by atoms with Crippen LogP contribution >= 0.6 is 0 Å². The number of rotatable bonds is 4. The lowest BCUT2D eigenvalue weighted by Gasteiger charge is -2.54. The van der Waals surface area contributed by atoms with Gasteiger partial charge in [0, 0.05) is 11.3 Å². The third kappa shape index (κ3) is 4.74. The van der Waals surface area contributed by atoms with Crippen LogP contribution in [0.5, 0.6) is 0 Å². The van der Waals surface area contributed by atoms with Gasteiger partial charge in [-0.25, -0.2) is 9.59 Å². The lowest BCUT2D eigenvalue weighted by Crippen LogP contribution is -2.58. The largest absolute Gasteiger partial charge is 0.453 e. The summed E-state index contributed by atoms with van der Waals surface area (Å²) in [6.07, 6.45) is 6.60. The van der Waals surface area contributed by atoms with E-state index in [1.165, 1.54) is 19.8 Å². The second kappa shape index (κ2) is 9.25. The molecule has 1 aliphatic heterocycles. The van der Waals surface area contributed by atoms with E-state index in [0.717, 1.165) is 16.8 Å². The zero-order valence-corrected chi connectivity index (χ0v) is 19.4. The Balaban J connectivity index is 2.59. The number of nitrogens with zero attached hydrogens (tertiary/aromatic N) is 1. The molecule has 1 heterocycles. The Hall–Kier alpha value is -3.28. The van der Waals surface area contributed by atoms with Crippen molar-refractivity contribution >= 4 is 17.9 Å². The van der Waals surface area contributed by atoms with Gasteiger partial charge in [0.05, 0.1) is 19.9 Å². The average Bonchev–Trinajstić information content (AvgIpc) is 2.72. The van der Waals surface area contributed by atoms with Crippen molar-refractivity contribution in [2.24, 2.45) is 5.41 Å². The van der Waals surface area contributed by atoms with E-state index in [1.807, 2.05) is 19.1 Å². The Bertz CT molecular complexity index is 949. The number of hydrogen-bond acceptors (Lipinski definition) is 4. The molecule has 0 radical (unpaired) electrons. The molecule has 6 heteroatoms. The molecule has 2 amide bonds. The molecule has 6 nitrogen and oxygen atoms in total. The number of carbonyl (C=O) groups excluding carboxylic acids is 2. The van der Waals surface area contributed by atoms with Crippen molar-refractivity contribution < 1.29 is 19.1 Å². The summed E-state index contributed by atoms with van der Waals surface area (Å²) in [5.74, 6) is 0. The zero-order valence-electron chi connectivity index (χ0n) is 19.4. The summed E-state index contributed by atoms with van der Waals surface area (Å²) in [4.78, 5) is 25.8. The first-order valence-corrected chi connectivity index (χ1v) is 10.1. The van der Waals surface area contributed by atoms with Crippen LogP contribution in [0, 0.1) is 5.41 Å². The summed E-state index contributed by atoms with van der Waals surface area (Å²) < 4.78 is 9.70. The molecule has 31 heavy (non-hydrogen) atoms. The highest BCUT2D eigenvalue weighted by Gasteiger charge is 2.53. The molecule has 0 aromatic heterocycles. The summed E-state index contributed by atoms with van der Waals surface area (Å²) >= 11 is 0. The van der Waals surface area contributed by atoms with E-state index < -0.39 is 17.7 Å². The Morgan fingerprint density at radius 1 is 1.10 bits per heavy atom. The predicted octanol–water partition coefficient (Wildman–Crippen LogP) is 6.15. The van der Waals surface area contributed by atoms with Gasteiger partial charge in [-0.05, 0) is 43.0 Å². The van der Waals surface area contributed by atoms with Gasteiger partial charge in [0.2, 0.25) is 0 Å². The van der Waals surface area contributed by atoms with E-state index in [0.29, 0.717) is 5.69 Å². The molecule has 0 saturated carbocycles. The standard InChI is InChI=1S/C25H32N2O4/c1-9-10-21-20(16-11-17(2)24(3,4)5)25(6,27(21)23(29)31-8)18-12-14-19(15-13-18)26-22(28)30-7/h9-16H,1H2,2-8H3,(H,26,28)/b17-11+,20-16+,21-10?. The van der Waals surface area contributed by atoms with Crippen LogP contribution in [0.1, 0.15) is 40.2 Å². The summed E-state index contributed by atoms with van der Waals surface area (Å²) in [6, 6.07) is 7.30. The highest BCUT2D eigenvalue weighted by molar-refractivity contribution is 5.84. The van der Waals surface area contributed by atoms with E-state index in [4.69, 9.17) is 4.74 Å². The van der Waals surface area contributed by atoms with Gasteiger partial charge in [-0.1, -0.05) is 63.3 Å². The summed E-state index contributed by atoms with van der Waals surface area (Å²) in [6.45, 7) is 14.3. The molecule has 1 aromatic rings. The Labute approximate surface area is 184 Å². The lowest BCUT2D eigenvalue weighted by molar-refractivity contribution is 0.0776. The van der Waals surface area contributed by atoms with Gasteiger partial charge in [-0.15, -0.1) is 0 Å². The molecule has 0 bridgehead atoms. The fraction of sp³-hybridized carbons (Fsp3) is 0.360. The van der Waals surface area contributed by atoms with E-state index >= 15 is 0 Å². The van der Waals surface area contributed by atoms with Gasteiger partial charge in [-0.2, -0.15) is 0 Å². The van der Waals surface area contributed by atoms with Crippen LogP contribution in [0.25, 0.3) is 0 Å². The lowest BCUT2D eigenvalue weighted by atomic mass is 9.72. The maximum atomic E-state index is 12.7. The molecule has 1 N–H and O–H groups in total. The van der Waals surface area contributed by atoms with Crippen molar-refractivity contribution in [2.75, 3.05) is 19.5 Å². The van der Waals surface area contributed by atoms with E-state index in [-0.39, 0.29) is 5.41 Å². The Kier molecular flexibility index (Phi) is 7.16. The second-order valence-electron chi connectivity index (χ2n) is 8.54. The highest BCUT2D eigenvalue weighted by Crippen LogP contribution is 2.52. The molecule has 0 spiro atoms. The molecular weight excluding hydrogens is 392 g/mol. The molecule has 1 unspecified atom stereocenters. The fourth-order valence-corrected chi connectivity index (χ4v) is 3.36. The van der Waals surface area contributed by atoms with Crippen LogP contribution in [-0.4, -0.2) is 31.3 Å². The topological polar surface area (TPSA) is 67.9 Å². The summed E-state index contributed by atoms with van der Waals surface area (Å²) in [7, 11) is 2.67. The van der Waals surface area contributed by atoms with Crippen LogP contribution in [0.2, 0.25) is 0 Å². The minimum atomic E-state index is -0.750. The molecule has 2 rings (SSSR count). The number of carbonyl (C=O) groups is 2. The van der Waals surface area contributed by atoms with Crippen LogP contribution in [0.3, 0.4) is 0 Å². The quantitative estimate of drug-likeness (QED) is 0.629. The van der Waals surface area contributed by atoms with Crippen molar-refractivity contribution in [3.8, 4) is 0 Å². The molecule has 1 aromatic carbocycles. The van der Waals surface area contributed by atoms with Crippen LogP contribution in [0.4, 0.5) is 15.3 Å². The summed E-state index contributed by atoms with van der Waals surface area (Å²) in [5.41, 5.74) is 3.67. The van der Waals surface area contributed by atoms with Crippen molar-refractivity contribution in [3.63, 3.8) is 0 Å². The monoisotopic (exact) mass is 424 g/mol. The van der Waals surface area contributed by atoms with Crippen molar-refractivity contribution in [2.45, 2.75) is 40.2 Å². The minimum Gasteiger partial charge on any atom is -0.453 e. The van der Waals surface area contributed by atoms with E-state index in [2.05, 4.69) is 56.5 Å². The predicted molar refractivity (Wildman–Crippen MR) is 124 cm³/mol. The van der Waals surface area contributed by atoms with Crippen molar-refractivity contribution in [3.05, 3.63) is 77.6 Å². The number of hydrogen-bond donors (Lipinski definition) is 1. The normalized spacial score (nSPS) is 21.5. The van der Waals surface area contributed by atoms with Gasteiger partial charge >= 0.3 is 12.2 Å². The number of allylic oxidation sites excluding steroid dienone is 5. The molecule has 1 aliphatic rings. The molecular formula is C25H32N2O4. The Morgan fingerprint density at radius 3 is 2.19 bits per heavy atom. The smallest absolute Gasteiger partial charge is 0.415 e. The highest BCUT2D eigenvalue weighted by atomic mass is 16.5. The van der Waals surface area contributed by atoms with Gasteiger partial charge in [0.25, 0.3) is 0 Å². The maximum Gasteiger partial charge on any atom is 0.415 e. The minimum absolute atomic E-state index is 0.0305. The average molecular weight is 425 g/mol. The number of ether oxygens (including phenoxy) is 2. The van der Waals surface area contributed by atoms with E-state index in [1.54, 1.807) is 29.2 Å². The molecule has 1 fully saturated rings. The van der Waals surface area contributed by atoms with Crippen LogP contribution < -0.4 is 5.32 Å². The van der Waals surface area contributed by atoms with Gasteiger partial charge < -0.3 is 9.47 Å².